The van der Waals surface area contributed by atoms with E-state index in [9.17, 15) is 9.59 Å². The number of furan rings is 1. The smallest absolute Gasteiger partial charge is 0.223 e. The highest BCUT2D eigenvalue weighted by Crippen LogP contribution is 2.21. The standard InChI is InChI=1S/C25H28N2O3/c1-18(28)24-16-22(30-19(24)2)10-11-25(29)27-14-12-26(13-15-27)17-21-8-5-7-20-6-3-4-9-23(20)21/h3-9,16H,10-15,17H2,1-2H3. The van der Waals surface area contributed by atoms with Gasteiger partial charge in [0.15, 0.2) is 5.78 Å². The lowest BCUT2D eigenvalue weighted by atomic mass is 10.0. The van der Waals surface area contributed by atoms with Crippen molar-refractivity contribution in [3.05, 3.63) is 71.2 Å². The molecule has 1 saturated heterocycles. The third-order valence-corrected chi connectivity index (χ3v) is 5.93. The summed E-state index contributed by atoms with van der Waals surface area (Å²) in [5.74, 6) is 1.49. The van der Waals surface area contributed by atoms with Crippen molar-refractivity contribution in [3.8, 4) is 0 Å². The van der Waals surface area contributed by atoms with E-state index in [0.29, 0.717) is 29.9 Å². The summed E-state index contributed by atoms with van der Waals surface area (Å²) in [6, 6.07) is 16.7. The predicted molar refractivity (Wildman–Crippen MR) is 118 cm³/mol. The normalized spacial score (nSPS) is 14.9. The number of amides is 1. The summed E-state index contributed by atoms with van der Waals surface area (Å²) in [6.45, 7) is 7.48. The number of carbonyl (C=O) groups excluding carboxylic acids is 2. The summed E-state index contributed by atoms with van der Waals surface area (Å²) in [6.07, 6.45) is 0.941. The predicted octanol–water partition coefficient (Wildman–Crippen LogP) is 4.22. The van der Waals surface area contributed by atoms with E-state index in [-0.39, 0.29) is 11.7 Å². The van der Waals surface area contributed by atoms with E-state index in [4.69, 9.17) is 4.42 Å². The summed E-state index contributed by atoms with van der Waals surface area (Å²) >= 11 is 0. The quantitative estimate of drug-likeness (QED) is 0.577. The van der Waals surface area contributed by atoms with E-state index in [2.05, 4.69) is 47.4 Å². The average Bonchev–Trinajstić information content (AvgIpc) is 3.14. The Morgan fingerprint density at radius 2 is 1.73 bits per heavy atom. The molecule has 156 valence electrons. The van der Waals surface area contributed by atoms with E-state index >= 15 is 0 Å². The van der Waals surface area contributed by atoms with Crippen molar-refractivity contribution in [2.45, 2.75) is 33.2 Å². The second kappa shape index (κ2) is 8.84. The van der Waals surface area contributed by atoms with Gasteiger partial charge in [-0.2, -0.15) is 0 Å². The van der Waals surface area contributed by atoms with Crippen molar-refractivity contribution in [1.29, 1.82) is 0 Å². The zero-order valence-corrected chi connectivity index (χ0v) is 17.7. The second-order valence-corrected chi connectivity index (χ2v) is 8.03. The molecule has 30 heavy (non-hydrogen) atoms. The fourth-order valence-electron chi connectivity index (χ4n) is 4.23. The number of hydrogen-bond donors (Lipinski definition) is 0. The molecule has 0 N–H and O–H groups in total. The monoisotopic (exact) mass is 404 g/mol. The van der Waals surface area contributed by atoms with Gasteiger partial charge in [-0.3, -0.25) is 14.5 Å². The van der Waals surface area contributed by atoms with Gasteiger partial charge < -0.3 is 9.32 Å². The van der Waals surface area contributed by atoms with Crippen molar-refractivity contribution in [2.24, 2.45) is 0 Å². The Morgan fingerprint density at radius 1 is 1.00 bits per heavy atom. The highest BCUT2D eigenvalue weighted by atomic mass is 16.3. The fourth-order valence-corrected chi connectivity index (χ4v) is 4.23. The topological polar surface area (TPSA) is 53.8 Å². The molecule has 1 aromatic heterocycles. The molecule has 0 spiro atoms. The minimum absolute atomic E-state index is 0.00357. The first kappa shape index (κ1) is 20.4. The lowest BCUT2D eigenvalue weighted by Gasteiger charge is -2.35. The third kappa shape index (κ3) is 4.46. The Labute approximate surface area is 177 Å². The van der Waals surface area contributed by atoms with Crippen LogP contribution >= 0.6 is 0 Å². The minimum Gasteiger partial charge on any atom is -0.466 e. The second-order valence-electron chi connectivity index (χ2n) is 8.03. The van der Waals surface area contributed by atoms with Crippen LogP contribution in [0.4, 0.5) is 0 Å². The van der Waals surface area contributed by atoms with Gasteiger partial charge in [-0.25, -0.2) is 0 Å². The Kier molecular flexibility index (Phi) is 6.00. The van der Waals surface area contributed by atoms with Gasteiger partial charge in [-0.1, -0.05) is 42.5 Å². The van der Waals surface area contributed by atoms with Crippen LogP contribution in [0.3, 0.4) is 0 Å². The van der Waals surface area contributed by atoms with Crippen molar-refractivity contribution in [3.63, 3.8) is 0 Å². The van der Waals surface area contributed by atoms with Crippen molar-refractivity contribution in [2.75, 3.05) is 26.2 Å². The van der Waals surface area contributed by atoms with E-state index in [1.54, 1.807) is 13.0 Å². The average molecular weight is 405 g/mol. The van der Waals surface area contributed by atoms with Crippen LogP contribution in [-0.4, -0.2) is 47.7 Å². The summed E-state index contributed by atoms with van der Waals surface area (Å²) in [5, 5.41) is 2.57. The van der Waals surface area contributed by atoms with Crippen molar-refractivity contribution in [1.82, 2.24) is 9.80 Å². The van der Waals surface area contributed by atoms with Crippen molar-refractivity contribution >= 4 is 22.5 Å². The number of benzene rings is 2. The van der Waals surface area contributed by atoms with Gasteiger partial charge in [-0.15, -0.1) is 0 Å². The van der Waals surface area contributed by atoms with Gasteiger partial charge >= 0.3 is 0 Å². The molecule has 0 atom stereocenters. The Balaban J connectivity index is 1.29. The molecule has 0 bridgehead atoms. The Hall–Kier alpha value is -2.92. The van der Waals surface area contributed by atoms with Crippen LogP contribution < -0.4 is 0 Å². The molecule has 5 nitrogen and oxygen atoms in total. The van der Waals surface area contributed by atoms with Gasteiger partial charge in [0.25, 0.3) is 0 Å². The van der Waals surface area contributed by atoms with Crippen LogP contribution in [-0.2, 0) is 17.8 Å². The zero-order chi connectivity index (χ0) is 21.1. The molecule has 3 aromatic rings. The third-order valence-electron chi connectivity index (χ3n) is 5.93. The molecule has 1 fully saturated rings. The van der Waals surface area contributed by atoms with Crippen LogP contribution in [0.2, 0.25) is 0 Å². The van der Waals surface area contributed by atoms with E-state index in [0.717, 1.165) is 32.7 Å². The maximum atomic E-state index is 12.6. The van der Waals surface area contributed by atoms with Gasteiger partial charge in [0, 0.05) is 45.6 Å². The molecule has 4 rings (SSSR count). The van der Waals surface area contributed by atoms with Crippen LogP contribution in [0.25, 0.3) is 10.8 Å². The summed E-state index contributed by atoms with van der Waals surface area (Å²) in [7, 11) is 0. The molecule has 0 radical (unpaired) electrons. The van der Waals surface area contributed by atoms with E-state index < -0.39 is 0 Å². The molecule has 1 aliphatic rings. The largest absolute Gasteiger partial charge is 0.466 e. The Morgan fingerprint density at radius 3 is 2.47 bits per heavy atom. The molecule has 5 heteroatoms. The molecule has 1 aliphatic heterocycles. The lowest BCUT2D eigenvalue weighted by molar-refractivity contribution is -0.133. The first-order chi connectivity index (χ1) is 14.5. The van der Waals surface area contributed by atoms with Gasteiger partial charge in [0.2, 0.25) is 5.91 Å². The van der Waals surface area contributed by atoms with Crippen LogP contribution in [0.5, 0.6) is 0 Å². The van der Waals surface area contributed by atoms with Crippen LogP contribution in [0.15, 0.2) is 52.9 Å². The number of rotatable bonds is 6. The van der Waals surface area contributed by atoms with Gasteiger partial charge in [0.1, 0.15) is 11.5 Å². The number of hydrogen-bond acceptors (Lipinski definition) is 4. The maximum absolute atomic E-state index is 12.6. The van der Waals surface area contributed by atoms with Crippen LogP contribution in [0, 0.1) is 6.92 Å². The maximum Gasteiger partial charge on any atom is 0.223 e. The number of carbonyl (C=O) groups is 2. The Bertz CT molecular complexity index is 1060. The molecule has 0 saturated carbocycles. The van der Waals surface area contributed by atoms with Gasteiger partial charge in [0.05, 0.1) is 5.56 Å². The van der Waals surface area contributed by atoms with Crippen molar-refractivity contribution < 1.29 is 14.0 Å². The number of nitrogens with zero attached hydrogens (tertiary/aromatic N) is 2. The summed E-state index contributed by atoms with van der Waals surface area (Å²) in [5.41, 5.74) is 1.95. The highest BCUT2D eigenvalue weighted by Gasteiger charge is 2.22. The number of ketones is 1. The number of aryl methyl sites for hydroxylation is 2. The molecule has 0 aliphatic carbocycles. The molecule has 2 aromatic carbocycles. The minimum atomic E-state index is -0.00357. The first-order valence-electron chi connectivity index (χ1n) is 10.6. The molecular formula is C25H28N2O3. The number of fused-ring (bicyclic) bond motifs is 1. The highest BCUT2D eigenvalue weighted by molar-refractivity contribution is 5.95. The fraction of sp³-hybridized carbons (Fsp3) is 0.360. The zero-order valence-electron chi connectivity index (χ0n) is 17.7. The molecule has 2 heterocycles. The first-order valence-corrected chi connectivity index (χ1v) is 10.6. The summed E-state index contributed by atoms with van der Waals surface area (Å²) < 4.78 is 5.63. The lowest BCUT2D eigenvalue weighted by Crippen LogP contribution is -2.48. The van der Waals surface area contributed by atoms with E-state index in [1.165, 1.54) is 23.3 Å². The molecule has 0 unspecified atom stereocenters. The van der Waals surface area contributed by atoms with Gasteiger partial charge in [-0.05, 0) is 36.2 Å². The summed E-state index contributed by atoms with van der Waals surface area (Å²) in [4.78, 5) is 28.6. The molecular weight excluding hydrogens is 376 g/mol. The van der Waals surface area contributed by atoms with E-state index in [1.807, 2.05) is 4.90 Å². The SMILES string of the molecule is CC(=O)c1cc(CCC(=O)N2CCN(Cc3cccc4ccccc34)CC2)oc1C. The number of piperazine rings is 1. The number of Topliss-reactive ketones (excluding diaryl/α,β-unsaturated/α-hetero) is 1. The molecule has 1 amide bonds. The van der Waals surface area contributed by atoms with Crippen LogP contribution in [0.1, 0.15) is 40.8 Å².